The van der Waals surface area contributed by atoms with Gasteiger partial charge in [0.05, 0.1) is 0 Å². The molecule has 1 saturated heterocycles. The summed E-state index contributed by atoms with van der Waals surface area (Å²) in [5.41, 5.74) is -0.0620. The number of nitrogens with zero attached hydrogens (tertiary/aromatic N) is 2. The van der Waals surface area contributed by atoms with Crippen LogP contribution in [0.3, 0.4) is 0 Å². The normalized spacial score (nSPS) is 20.6. The quantitative estimate of drug-likeness (QED) is 0.806. The first-order valence-electron chi connectivity index (χ1n) is 8.45. The topological polar surface area (TPSA) is 65.5 Å². The van der Waals surface area contributed by atoms with Crippen LogP contribution in [0.2, 0.25) is 0 Å². The number of aliphatic hydroxyl groups is 1. The van der Waals surface area contributed by atoms with Crippen LogP contribution in [0.5, 0.6) is 0 Å². The van der Waals surface area contributed by atoms with E-state index in [1.807, 2.05) is 12.3 Å². The zero-order chi connectivity index (χ0) is 18.7. The standard InChI is InChI=1S/C18H21F2N3O2S/c1-12-10-26-16(22-12)8-21-11-18(25)5-2-6-23(17(18)24)9-13-3-4-14(19)15(20)7-13/h3-4,7,10,21,25H,2,5-6,8-9,11H2,1H3. The van der Waals surface area contributed by atoms with Crippen LogP contribution >= 0.6 is 11.3 Å². The highest BCUT2D eigenvalue weighted by atomic mass is 32.1. The Kier molecular flexibility index (Phi) is 5.64. The average molecular weight is 381 g/mol. The van der Waals surface area contributed by atoms with Crippen molar-refractivity contribution in [2.45, 2.75) is 38.5 Å². The smallest absolute Gasteiger partial charge is 0.256 e. The Balaban J connectivity index is 1.61. The highest BCUT2D eigenvalue weighted by molar-refractivity contribution is 7.09. The van der Waals surface area contributed by atoms with Gasteiger partial charge in [-0.25, -0.2) is 13.8 Å². The number of aromatic nitrogens is 1. The fraction of sp³-hybridized carbons (Fsp3) is 0.444. The first kappa shape index (κ1) is 18.9. The van der Waals surface area contributed by atoms with Crippen LogP contribution in [0.15, 0.2) is 23.6 Å². The molecule has 2 aromatic rings. The van der Waals surface area contributed by atoms with Gasteiger partial charge in [0.25, 0.3) is 5.91 Å². The molecule has 1 amide bonds. The van der Waals surface area contributed by atoms with E-state index in [0.29, 0.717) is 31.5 Å². The van der Waals surface area contributed by atoms with Gasteiger partial charge in [0.15, 0.2) is 17.2 Å². The second kappa shape index (κ2) is 7.77. The number of amides is 1. The summed E-state index contributed by atoms with van der Waals surface area (Å²) in [5.74, 6) is -2.25. The molecule has 3 rings (SSSR count). The van der Waals surface area contributed by atoms with Gasteiger partial charge in [-0.05, 0) is 37.5 Å². The molecule has 0 spiro atoms. The number of benzene rings is 1. The van der Waals surface area contributed by atoms with Crippen molar-refractivity contribution in [2.24, 2.45) is 0 Å². The zero-order valence-electron chi connectivity index (χ0n) is 14.5. The monoisotopic (exact) mass is 381 g/mol. The number of likely N-dealkylation sites (tertiary alicyclic amines) is 1. The van der Waals surface area contributed by atoms with E-state index in [1.165, 1.54) is 22.3 Å². The lowest BCUT2D eigenvalue weighted by molar-refractivity contribution is -0.157. The van der Waals surface area contributed by atoms with Crippen molar-refractivity contribution in [3.05, 3.63) is 51.5 Å². The van der Waals surface area contributed by atoms with E-state index in [4.69, 9.17) is 0 Å². The predicted molar refractivity (Wildman–Crippen MR) is 94.5 cm³/mol. The molecular weight excluding hydrogens is 360 g/mol. The van der Waals surface area contributed by atoms with Crippen molar-refractivity contribution < 1.29 is 18.7 Å². The maximum atomic E-state index is 13.4. The number of nitrogens with one attached hydrogen (secondary N) is 1. The van der Waals surface area contributed by atoms with Gasteiger partial charge in [0.2, 0.25) is 0 Å². The molecule has 0 bridgehead atoms. The van der Waals surface area contributed by atoms with E-state index >= 15 is 0 Å². The van der Waals surface area contributed by atoms with Gasteiger partial charge in [-0.2, -0.15) is 0 Å². The number of hydrogen-bond donors (Lipinski definition) is 2. The molecule has 0 saturated carbocycles. The van der Waals surface area contributed by atoms with E-state index in [-0.39, 0.29) is 13.1 Å². The summed E-state index contributed by atoms with van der Waals surface area (Å²) in [6, 6.07) is 3.57. The summed E-state index contributed by atoms with van der Waals surface area (Å²) < 4.78 is 26.4. The van der Waals surface area contributed by atoms with Gasteiger partial charge in [0, 0.05) is 37.3 Å². The third-order valence-corrected chi connectivity index (χ3v) is 5.39. The Morgan fingerprint density at radius 1 is 1.38 bits per heavy atom. The summed E-state index contributed by atoms with van der Waals surface area (Å²) in [5, 5.41) is 16.7. The number of carbonyl (C=O) groups excluding carboxylic acids is 1. The molecule has 1 aromatic heterocycles. The number of piperidine rings is 1. The lowest BCUT2D eigenvalue weighted by Gasteiger charge is -2.38. The van der Waals surface area contributed by atoms with Crippen molar-refractivity contribution >= 4 is 17.2 Å². The number of aryl methyl sites for hydroxylation is 1. The van der Waals surface area contributed by atoms with Crippen molar-refractivity contribution in [1.82, 2.24) is 15.2 Å². The molecular formula is C18H21F2N3O2S. The second-order valence-electron chi connectivity index (χ2n) is 6.60. The molecule has 1 aliphatic rings. The molecule has 5 nitrogen and oxygen atoms in total. The largest absolute Gasteiger partial charge is 0.379 e. The maximum Gasteiger partial charge on any atom is 0.256 e. The Morgan fingerprint density at radius 3 is 2.88 bits per heavy atom. The molecule has 0 aliphatic carbocycles. The predicted octanol–water partition coefficient (Wildman–Crippen LogP) is 2.37. The second-order valence-corrected chi connectivity index (χ2v) is 7.54. The van der Waals surface area contributed by atoms with E-state index in [0.717, 1.165) is 22.8 Å². The van der Waals surface area contributed by atoms with Gasteiger partial charge >= 0.3 is 0 Å². The lowest BCUT2D eigenvalue weighted by Crippen LogP contribution is -2.57. The molecule has 1 aliphatic heterocycles. The number of halogens is 2. The summed E-state index contributed by atoms with van der Waals surface area (Å²) in [4.78, 5) is 18.5. The molecule has 1 fully saturated rings. The van der Waals surface area contributed by atoms with Gasteiger partial charge in [0.1, 0.15) is 5.01 Å². The summed E-state index contributed by atoms with van der Waals surface area (Å²) in [6.07, 6.45) is 1.01. The molecule has 1 atom stereocenters. The molecule has 0 radical (unpaired) electrons. The Labute approximate surface area is 154 Å². The van der Waals surface area contributed by atoms with E-state index in [1.54, 1.807) is 0 Å². The lowest BCUT2D eigenvalue weighted by atomic mass is 9.91. The average Bonchev–Trinajstić information content (AvgIpc) is 3.01. The summed E-state index contributed by atoms with van der Waals surface area (Å²) >= 11 is 1.52. The van der Waals surface area contributed by atoms with Crippen molar-refractivity contribution in [3.8, 4) is 0 Å². The highest BCUT2D eigenvalue weighted by Gasteiger charge is 2.41. The van der Waals surface area contributed by atoms with Crippen LogP contribution in [-0.4, -0.2) is 39.6 Å². The molecule has 1 unspecified atom stereocenters. The van der Waals surface area contributed by atoms with Gasteiger partial charge in [-0.3, -0.25) is 4.79 Å². The highest BCUT2D eigenvalue weighted by Crippen LogP contribution is 2.24. The summed E-state index contributed by atoms with van der Waals surface area (Å²) in [6.45, 7) is 3.14. The third-order valence-electron chi connectivity index (χ3n) is 4.42. The fourth-order valence-electron chi connectivity index (χ4n) is 3.10. The zero-order valence-corrected chi connectivity index (χ0v) is 15.3. The molecule has 140 valence electrons. The van der Waals surface area contributed by atoms with Crippen LogP contribution in [0.4, 0.5) is 8.78 Å². The van der Waals surface area contributed by atoms with Crippen molar-refractivity contribution in [3.63, 3.8) is 0 Å². The SMILES string of the molecule is Cc1csc(CNCC2(O)CCCN(Cc3ccc(F)c(F)c3)C2=O)n1. The minimum absolute atomic E-state index is 0.124. The van der Waals surface area contributed by atoms with Gasteiger partial charge in [-0.1, -0.05) is 6.07 Å². The minimum Gasteiger partial charge on any atom is -0.379 e. The number of rotatable bonds is 6. The van der Waals surface area contributed by atoms with E-state index in [2.05, 4.69) is 10.3 Å². The molecule has 1 aromatic carbocycles. The maximum absolute atomic E-state index is 13.4. The Hall–Kier alpha value is -1.90. The number of carbonyl (C=O) groups is 1. The number of thiazole rings is 1. The van der Waals surface area contributed by atoms with Crippen LogP contribution in [0, 0.1) is 18.6 Å². The van der Waals surface area contributed by atoms with Gasteiger partial charge in [-0.15, -0.1) is 11.3 Å². The Bertz CT molecular complexity index is 798. The van der Waals surface area contributed by atoms with Crippen LogP contribution < -0.4 is 5.32 Å². The van der Waals surface area contributed by atoms with Crippen LogP contribution in [0.25, 0.3) is 0 Å². The van der Waals surface area contributed by atoms with Crippen molar-refractivity contribution in [1.29, 1.82) is 0 Å². The molecule has 8 heteroatoms. The molecule has 2 heterocycles. The number of hydrogen-bond acceptors (Lipinski definition) is 5. The molecule has 26 heavy (non-hydrogen) atoms. The fourth-order valence-corrected chi connectivity index (χ4v) is 3.84. The van der Waals surface area contributed by atoms with Gasteiger partial charge < -0.3 is 15.3 Å². The first-order valence-corrected chi connectivity index (χ1v) is 9.33. The first-order chi connectivity index (χ1) is 12.4. The van der Waals surface area contributed by atoms with Crippen LogP contribution in [0.1, 0.15) is 29.1 Å². The minimum atomic E-state index is -1.50. The van der Waals surface area contributed by atoms with E-state index in [9.17, 15) is 18.7 Å². The third kappa shape index (κ3) is 4.25. The van der Waals surface area contributed by atoms with Crippen LogP contribution in [-0.2, 0) is 17.9 Å². The Morgan fingerprint density at radius 2 is 2.19 bits per heavy atom. The summed E-state index contributed by atoms with van der Waals surface area (Å²) in [7, 11) is 0. The van der Waals surface area contributed by atoms with Crippen molar-refractivity contribution in [2.75, 3.05) is 13.1 Å². The van der Waals surface area contributed by atoms with E-state index < -0.39 is 23.1 Å². The molecule has 2 N–H and O–H groups in total.